The van der Waals surface area contributed by atoms with Crippen molar-refractivity contribution in [3.05, 3.63) is 34.7 Å². The number of hydrogen-bond donors (Lipinski definition) is 2. The number of aromatic nitrogens is 1. The summed E-state index contributed by atoms with van der Waals surface area (Å²) < 4.78 is 14.5. The van der Waals surface area contributed by atoms with Gasteiger partial charge in [0.25, 0.3) is 11.8 Å². The second kappa shape index (κ2) is 12.8. The second-order valence-corrected chi connectivity index (χ2v) is 11.3. The molecule has 1 saturated heterocycles. The number of carbonyl (C=O) groups excluding carboxylic acids is 5. The van der Waals surface area contributed by atoms with Crippen LogP contribution in [0.2, 0.25) is 0 Å². The van der Waals surface area contributed by atoms with E-state index in [2.05, 4.69) is 32.0 Å². The molecule has 1 aromatic heterocycles. The van der Waals surface area contributed by atoms with Crippen LogP contribution in [0, 0.1) is 0 Å². The molecule has 0 radical (unpaired) electrons. The summed E-state index contributed by atoms with van der Waals surface area (Å²) in [6.45, 7) is 8.45. The van der Waals surface area contributed by atoms with E-state index in [1.165, 1.54) is 30.1 Å². The molecule has 2 N–H and O–H groups in total. The van der Waals surface area contributed by atoms with Gasteiger partial charge in [-0.3, -0.25) is 19.8 Å². The largest absolute Gasteiger partial charge is 0.539 e. The number of rotatable bonds is 9. The van der Waals surface area contributed by atoms with Crippen LogP contribution in [0.25, 0.3) is 0 Å². The molecule has 3 amide bonds. The van der Waals surface area contributed by atoms with E-state index in [1.54, 1.807) is 20.8 Å². The first-order valence-corrected chi connectivity index (χ1v) is 13.9. The lowest BCUT2D eigenvalue weighted by Gasteiger charge is -2.49. The zero-order valence-electron chi connectivity index (χ0n) is 22.1. The highest BCUT2D eigenvalue weighted by molar-refractivity contribution is 8.00. The number of nitrogens with one attached hydrogen (secondary N) is 2. The monoisotopic (exact) mass is 611 g/mol. The summed E-state index contributed by atoms with van der Waals surface area (Å²) in [6.07, 6.45) is -0.771. The van der Waals surface area contributed by atoms with Gasteiger partial charge in [-0.05, 0) is 32.9 Å². The Bertz CT molecular complexity index is 1310. The summed E-state index contributed by atoms with van der Waals surface area (Å²) in [5, 5.41) is 9.56. The van der Waals surface area contributed by atoms with E-state index in [9.17, 15) is 24.0 Å². The fourth-order valence-corrected chi connectivity index (χ4v) is 5.73. The van der Waals surface area contributed by atoms with Crippen molar-refractivity contribution in [3.63, 3.8) is 0 Å². The SMILES string of the molecule is BOC(=O)C(=C)O/N=C(\C(=O)N[C@@H]1C(=O)N2C(C(=O)OB)=C(CCl)CS[C@H]12)c1csc(NC(=O)OC(C)(C)C)n1. The van der Waals surface area contributed by atoms with Crippen LogP contribution in [-0.4, -0.2) is 90.2 Å². The van der Waals surface area contributed by atoms with Crippen molar-refractivity contribution < 1.29 is 42.9 Å². The third kappa shape index (κ3) is 6.98. The highest BCUT2D eigenvalue weighted by Crippen LogP contribution is 2.40. The summed E-state index contributed by atoms with van der Waals surface area (Å²) in [5.41, 5.74) is -0.674. The van der Waals surface area contributed by atoms with Crippen LogP contribution < -0.4 is 10.6 Å². The number of amides is 3. The molecular formula is C21H24B2ClN5O9S2. The van der Waals surface area contributed by atoms with Crippen LogP contribution in [-0.2, 0) is 38.1 Å². The molecule has 3 rings (SSSR count). The average Bonchev–Trinajstić information content (AvgIpc) is 3.36. The van der Waals surface area contributed by atoms with Crippen LogP contribution in [0.3, 0.4) is 0 Å². The molecule has 14 nitrogen and oxygen atoms in total. The molecule has 1 aromatic rings. The predicted molar refractivity (Wildman–Crippen MR) is 151 cm³/mol. The minimum Gasteiger partial charge on any atom is -0.539 e. The molecule has 212 valence electrons. The Hall–Kier alpha value is -3.50. The number of thioether (sulfide) groups is 1. The van der Waals surface area contributed by atoms with Crippen LogP contribution >= 0.6 is 34.7 Å². The van der Waals surface area contributed by atoms with E-state index in [1.807, 2.05) is 0 Å². The number of oxime groups is 1. The summed E-state index contributed by atoms with van der Waals surface area (Å²) in [6, 6.07) is -1.04. The lowest BCUT2D eigenvalue weighted by Crippen LogP contribution is -2.71. The van der Waals surface area contributed by atoms with Crippen molar-refractivity contribution in [2.24, 2.45) is 5.16 Å². The molecule has 2 atom stereocenters. The van der Waals surface area contributed by atoms with Gasteiger partial charge in [0.2, 0.25) is 5.76 Å². The van der Waals surface area contributed by atoms with Gasteiger partial charge in [-0.1, -0.05) is 5.16 Å². The number of thiazole rings is 1. The Morgan fingerprint density at radius 3 is 2.58 bits per heavy atom. The van der Waals surface area contributed by atoms with Gasteiger partial charge >= 0.3 is 34.1 Å². The van der Waals surface area contributed by atoms with Crippen LogP contribution in [0.5, 0.6) is 0 Å². The van der Waals surface area contributed by atoms with Crippen LogP contribution in [0.4, 0.5) is 9.93 Å². The molecule has 0 bridgehead atoms. The third-order valence-electron chi connectivity index (χ3n) is 5.10. The first-order chi connectivity index (χ1) is 18.8. The zero-order valence-corrected chi connectivity index (χ0v) is 24.5. The van der Waals surface area contributed by atoms with Gasteiger partial charge in [-0.15, -0.1) is 34.7 Å². The van der Waals surface area contributed by atoms with Crippen molar-refractivity contribution in [3.8, 4) is 0 Å². The highest BCUT2D eigenvalue weighted by atomic mass is 35.5. The van der Waals surface area contributed by atoms with Crippen molar-refractivity contribution >= 4 is 91.5 Å². The Kier molecular flexibility index (Phi) is 9.92. The maximum atomic E-state index is 13.3. The Morgan fingerprint density at radius 1 is 1.27 bits per heavy atom. The topological polar surface area (TPSA) is 175 Å². The van der Waals surface area contributed by atoms with E-state index < -0.39 is 58.3 Å². The zero-order chi connectivity index (χ0) is 29.8. The molecule has 0 aromatic carbocycles. The van der Waals surface area contributed by atoms with Crippen LogP contribution in [0.1, 0.15) is 26.5 Å². The number of β-lactam (4-membered cyclic amide) rings is 1. The van der Waals surface area contributed by atoms with E-state index in [4.69, 9.17) is 25.8 Å². The van der Waals surface area contributed by atoms with Crippen molar-refractivity contribution in [2.75, 3.05) is 16.9 Å². The predicted octanol–water partition coefficient (Wildman–Crippen LogP) is -0.200. The molecule has 3 heterocycles. The van der Waals surface area contributed by atoms with E-state index in [0.717, 1.165) is 19.4 Å². The van der Waals surface area contributed by atoms with Gasteiger partial charge in [-0.2, -0.15) is 0 Å². The summed E-state index contributed by atoms with van der Waals surface area (Å²) in [5.74, 6) is -3.28. The number of alkyl halides is 1. The van der Waals surface area contributed by atoms with E-state index in [-0.39, 0.29) is 22.4 Å². The number of halogens is 1. The first kappa shape index (κ1) is 31.0. The van der Waals surface area contributed by atoms with Gasteiger partial charge < -0.3 is 24.2 Å². The molecular weight excluding hydrogens is 587 g/mol. The van der Waals surface area contributed by atoms with Crippen molar-refractivity contribution in [2.45, 2.75) is 37.8 Å². The van der Waals surface area contributed by atoms with E-state index in [0.29, 0.717) is 11.3 Å². The molecule has 0 spiro atoms. The minimum absolute atomic E-state index is 0.0205. The number of hydrogen-bond acceptors (Lipinski definition) is 13. The summed E-state index contributed by atoms with van der Waals surface area (Å²) in [4.78, 5) is 72.8. The quantitative estimate of drug-likeness (QED) is 0.0720. The van der Waals surface area contributed by atoms with Gasteiger partial charge in [-0.25, -0.2) is 19.4 Å². The van der Waals surface area contributed by atoms with Gasteiger partial charge in [0.1, 0.15) is 28.4 Å². The molecule has 0 unspecified atom stereocenters. The molecule has 2 aliphatic rings. The number of fused-ring (bicyclic) bond motifs is 1. The van der Waals surface area contributed by atoms with Gasteiger partial charge in [0, 0.05) is 17.0 Å². The molecule has 0 aliphatic carbocycles. The number of carbonyl (C=O) groups is 5. The maximum absolute atomic E-state index is 13.3. The van der Waals surface area contributed by atoms with Gasteiger partial charge in [0.15, 0.2) is 10.8 Å². The summed E-state index contributed by atoms with van der Waals surface area (Å²) in [7, 11) is 2.29. The third-order valence-corrected chi connectivity index (χ3v) is 7.52. The van der Waals surface area contributed by atoms with Crippen LogP contribution in [0.15, 0.2) is 34.1 Å². The molecule has 2 aliphatic heterocycles. The Morgan fingerprint density at radius 2 is 1.98 bits per heavy atom. The molecule has 19 heteroatoms. The first-order valence-electron chi connectivity index (χ1n) is 11.4. The maximum Gasteiger partial charge on any atom is 0.413 e. The summed E-state index contributed by atoms with van der Waals surface area (Å²) >= 11 is 8.21. The number of anilines is 1. The fourth-order valence-electron chi connectivity index (χ4n) is 3.37. The second-order valence-electron chi connectivity index (χ2n) is 9.05. The smallest absolute Gasteiger partial charge is 0.413 e. The van der Waals surface area contributed by atoms with Crippen molar-refractivity contribution in [1.82, 2.24) is 15.2 Å². The lowest BCUT2D eigenvalue weighted by molar-refractivity contribution is -0.149. The molecule has 0 saturated carbocycles. The van der Waals surface area contributed by atoms with E-state index >= 15 is 0 Å². The van der Waals surface area contributed by atoms with Crippen molar-refractivity contribution in [1.29, 1.82) is 0 Å². The van der Waals surface area contributed by atoms with Gasteiger partial charge in [0.05, 0.1) is 0 Å². The number of ether oxygens (including phenoxy) is 1. The normalized spacial score (nSPS) is 18.6. The molecule has 40 heavy (non-hydrogen) atoms. The highest BCUT2D eigenvalue weighted by Gasteiger charge is 2.54. The fraction of sp³-hybridized carbons (Fsp3) is 0.381. The Labute approximate surface area is 243 Å². The average molecular weight is 612 g/mol. The Balaban J connectivity index is 1.83. The molecule has 1 fully saturated rings. The standard InChI is InChI=1S/C21H24B2ClN5O9S2/c1-8(17(32)36-22)38-28-11(10-7-40-19(25-10)27-20(34)35-21(2,3)4)14(30)26-12-15(31)29-13(18(33)37-23)9(5-24)6-39-16(12)29/h7,12,16H,1,5-6,22-23H2,2-4H3,(H,26,30)(H,25,27,34)/b28-11-/t12-,16-/m1/s1. The minimum atomic E-state index is -1.04. The lowest BCUT2D eigenvalue weighted by atomic mass is 10.0. The number of nitrogens with zero attached hydrogens (tertiary/aromatic N) is 3.